The molecule has 1 aromatic heterocycles. The highest BCUT2D eigenvalue weighted by atomic mass is 16.5. The van der Waals surface area contributed by atoms with Crippen LogP contribution in [0.2, 0.25) is 0 Å². The number of rotatable bonds is 7. The number of hydrogen-bond donors (Lipinski definition) is 2. The molecule has 162 valence electrons. The number of carbonyl (C=O) groups excluding carboxylic acids is 1. The molecule has 1 saturated carbocycles. The van der Waals surface area contributed by atoms with Crippen molar-refractivity contribution < 1.29 is 9.53 Å². The van der Waals surface area contributed by atoms with Crippen molar-refractivity contribution in [3.05, 3.63) is 41.2 Å². The molecule has 1 fully saturated rings. The van der Waals surface area contributed by atoms with E-state index in [9.17, 15) is 4.79 Å². The van der Waals surface area contributed by atoms with E-state index in [-0.39, 0.29) is 5.97 Å². The number of nitrogens with zero attached hydrogens (tertiary/aromatic N) is 1. The maximum Gasteiger partial charge on any atom is 0.337 e. The van der Waals surface area contributed by atoms with E-state index < -0.39 is 0 Å². The SMILES string of the molecule is COC(=O)c1ccc2nc(C[C@@H]3C[C@@H](C(C)C)[C@H](CNC4CCC4)C=C3C)[nH]c2c1. The van der Waals surface area contributed by atoms with Crippen LogP contribution < -0.4 is 5.32 Å². The van der Waals surface area contributed by atoms with Gasteiger partial charge in [-0.15, -0.1) is 0 Å². The zero-order valence-corrected chi connectivity index (χ0v) is 18.7. The van der Waals surface area contributed by atoms with Gasteiger partial charge in [-0.3, -0.25) is 0 Å². The second-order valence-corrected chi connectivity index (χ2v) is 9.56. The van der Waals surface area contributed by atoms with Gasteiger partial charge in [-0.05, 0) is 68.1 Å². The number of aromatic amines is 1. The van der Waals surface area contributed by atoms with Gasteiger partial charge in [0.15, 0.2) is 0 Å². The lowest BCUT2D eigenvalue weighted by Gasteiger charge is -2.38. The molecule has 0 aliphatic heterocycles. The van der Waals surface area contributed by atoms with E-state index in [0.29, 0.717) is 29.2 Å². The van der Waals surface area contributed by atoms with Gasteiger partial charge in [0.25, 0.3) is 0 Å². The number of esters is 1. The lowest BCUT2D eigenvalue weighted by molar-refractivity contribution is 0.0601. The Morgan fingerprint density at radius 2 is 2.13 bits per heavy atom. The fourth-order valence-corrected chi connectivity index (χ4v) is 5.06. The van der Waals surface area contributed by atoms with Crippen LogP contribution in [0.1, 0.15) is 62.6 Å². The third-order valence-corrected chi connectivity index (χ3v) is 7.22. The molecule has 0 saturated heterocycles. The molecule has 1 aromatic carbocycles. The number of hydrogen-bond acceptors (Lipinski definition) is 4. The Balaban J connectivity index is 1.48. The number of nitrogens with one attached hydrogen (secondary N) is 2. The summed E-state index contributed by atoms with van der Waals surface area (Å²) in [6, 6.07) is 6.25. The van der Waals surface area contributed by atoms with Crippen LogP contribution in [-0.4, -0.2) is 35.6 Å². The average Bonchev–Trinajstić information content (AvgIpc) is 3.09. The normalized spacial score (nSPS) is 24.7. The van der Waals surface area contributed by atoms with E-state index in [4.69, 9.17) is 9.72 Å². The van der Waals surface area contributed by atoms with Crippen molar-refractivity contribution in [3.8, 4) is 0 Å². The Hall–Kier alpha value is -2.14. The van der Waals surface area contributed by atoms with Crippen molar-refractivity contribution in [2.45, 2.75) is 58.9 Å². The van der Waals surface area contributed by atoms with Gasteiger partial charge >= 0.3 is 5.97 Å². The van der Waals surface area contributed by atoms with Crippen LogP contribution >= 0.6 is 0 Å². The number of fused-ring (bicyclic) bond motifs is 1. The summed E-state index contributed by atoms with van der Waals surface area (Å²) >= 11 is 0. The van der Waals surface area contributed by atoms with Crippen molar-refractivity contribution in [3.63, 3.8) is 0 Å². The smallest absolute Gasteiger partial charge is 0.337 e. The van der Waals surface area contributed by atoms with E-state index >= 15 is 0 Å². The molecular formula is C25H35N3O2. The Morgan fingerprint density at radius 3 is 2.80 bits per heavy atom. The van der Waals surface area contributed by atoms with Gasteiger partial charge in [-0.1, -0.05) is 31.9 Å². The highest BCUT2D eigenvalue weighted by Crippen LogP contribution is 2.39. The number of H-pyrrole nitrogens is 1. The number of benzene rings is 1. The molecular weight excluding hydrogens is 374 g/mol. The quantitative estimate of drug-likeness (QED) is 0.505. The van der Waals surface area contributed by atoms with Gasteiger partial charge in [-0.2, -0.15) is 0 Å². The van der Waals surface area contributed by atoms with E-state index in [0.717, 1.165) is 35.9 Å². The fraction of sp³-hybridized carbons (Fsp3) is 0.600. The molecule has 5 nitrogen and oxygen atoms in total. The molecule has 2 N–H and O–H groups in total. The summed E-state index contributed by atoms with van der Waals surface area (Å²) < 4.78 is 4.83. The maximum absolute atomic E-state index is 11.8. The van der Waals surface area contributed by atoms with Crippen molar-refractivity contribution in [1.82, 2.24) is 15.3 Å². The van der Waals surface area contributed by atoms with Crippen LogP contribution in [0.25, 0.3) is 11.0 Å². The minimum absolute atomic E-state index is 0.319. The summed E-state index contributed by atoms with van der Waals surface area (Å²) in [5, 5.41) is 3.79. The van der Waals surface area contributed by atoms with Gasteiger partial charge in [0.2, 0.25) is 0 Å². The number of imidazole rings is 1. The second-order valence-electron chi connectivity index (χ2n) is 9.56. The molecule has 2 aliphatic carbocycles. The van der Waals surface area contributed by atoms with Gasteiger partial charge < -0.3 is 15.0 Å². The van der Waals surface area contributed by atoms with Crippen molar-refractivity contribution in [2.24, 2.45) is 23.7 Å². The Kier molecular flexibility index (Phi) is 6.28. The minimum atomic E-state index is -0.319. The first-order valence-corrected chi connectivity index (χ1v) is 11.4. The molecule has 2 aliphatic rings. The third kappa shape index (κ3) is 4.46. The van der Waals surface area contributed by atoms with E-state index in [1.807, 2.05) is 12.1 Å². The summed E-state index contributed by atoms with van der Waals surface area (Å²) in [7, 11) is 1.41. The first-order chi connectivity index (χ1) is 14.4. The Labute approximate surface area is 179 Å². The molecule has 1 heterocycles. The van der Waals surface area contributed by atoms with Crippen LogP contribution in [0.4, 0.5) is 0 Å². The van der Waals surface area contributed by atoms with Gasteiger partial charge in [0, 0.05) is 19.0 Å². The highest BCUT2D eigenvalue weighted by molar-refractivity contribution is 5.93. The molecule has 0 spiro atoms. The van der Waals surface area contributed by atoms with Crippen LogP contribution in [0, 0.1) is 23.7 Å². The van der Waals surface area contributed by atoms with Crippen LogP contribution in [0.5, 0.6) is 0 Å². The van der Waals surface area contributed by atoms with Crippen LogP contribution in [-0.2, 0) is 11.2 Å². The van der Waals surface area contributed by atoms with Gasteiger partial charge in [-0.25, -0.2) is 9.78 Å². The molecule has 5 heteroatoms. The molecule has 30 heavy (non-hydrogen) atoms. The predicted molar refractivity (Wildman–Crippen MR) is 120 cm³/mol. The molecule has 4 rings (SSSR count). The summed E-state index contributed by atoms with van der Waals surface area (Å²) in [4.78, 5) is 20.0. The topological polar surface area (TPSA) is 67.0 Å². The summed E-state index contributed by atoms with van der Waals surface area (Å²) in [5.41, 5.74) is 3.84. The number of allylic oxidation sites excluding steroid dienone is 1. The van der Waals surface area contributed by atoms with Crippen molar-refractivity contribution in [1.29, 1.82) is 0 Å². The van der Waals surface area contributed by atoms with Crippen molar-refractivity contribution >= 4 is 17.0 Å². The molecule has 0 radical (unpaired) electrons. The van der Waals surface area contributed by atoms with Crippen molar-refractivity contribution in [2.75, 3.05) is 13.7 Å². The lowest BCUT2D eigenvalue weighted by Crippen LogP contribution is -2.41. The molecule has 3 atom stereocenters. The Morgan fingerprint density at radius 1 is 1.33 bits per heavy atom. The summed E-state index contributed by atoms with van der Waals surface area (Å²) in [5.74, 6) is 3.18. The fourth-order valence-electron chi connectivity index (χ4n) is 5.06. The first-order valence-electron chi connectivity index (χ1n) is 11.4. The standard InChI is InChI=1S/C25H35N3O2/c1-15(2)21-11-18(16(3)10-19(21)14-26-20-6-5-7-20)13-24-27-22-9-8-17(25(29)30-4)12-23(22)28-24/h8-10,12,15,18-21,26H,5-7,11,13-14H2,1-4H3,(H,27,28)/t18-,19-,21-/m0/s1. The van der Waals surface area contributed by atoms with E-state index in [2.05, 4.69) is 37.1 Å². The largest absolute Gasteiger partial charge is 0.465 e. The zero-order valence-electron chi connectivity index (χ0n) is 18.7. The number of carbonyl (C=O) groups is 1. The lowest BCUT2D eigenvalue weighted by atomic mass is 9.69. The number of aromatic nitrogens is 2. The van der Waals surface area contributed by atoms with Crippen LogP contribution in [0.3, 0.4) is 0 Å². The van der Waals surface area contributed by atoms with Crippen LogP contribution in [0.15, 0.2) is 29.8 Å². The highest BCUT2D eigenvalue weighted by Gasteiger charge is 2.32. The second kappa shape index (κ2) is 8.93. The van der Waals surface area contributed by atoms with Gasteiger partial charge in [0.05, 0.1) is 23.7 Å². The maximum atomic E-state index is 11.8. The predicted octanol–water partition coefficient (Wildman–Crippen LogP) is 4.89. The number of ether oxygens (including phenoxy) is 1. The molecule has 2 aromatic rings. The molecule has 0 bridgehead atoms. The van der Waals surface area contributed by atoms with E-state index in [1.165, 1.54) is 38.4 Å². The molecule has 0 amide bonds. The van der Waals surface area contributed by atoms with Gasteiger partial charge in [0.1, 0.15) is 5.82 Å². The Bertz CT molecular complexity index is 926. The summed E-state index contributed by atoms with van der Waals surface area (Å²) in [6.07, 6.45) is 8.72. The average molecular weight is 410 g/mol. The monoisotopic (exact) mass is 409 g/mol. The minimum Gasteiger partial charge on any atom is -0.465 e. The zero-order chi connectivity index (χ0) is 21.3. The first kappa shape index (κ1) is 21.1. The van der Waals surface area contributed by atoms with E-state index in [1.54, 1.807) is 6.07 Å². The third-order valence-electron chi connectivity index (χ3n) is 7.22. The molecule has 0 unspecified atom stereocenters. The summed E-state index contributed by atoms with van der Waals surface area (Å²) in [6.45, 7) is 8.12. The number of methoxy groups -OCH3 is 1.